The van der Waals surface area contributed by atoms with Crippen molar-refractivity contribution in [3.8, 4) is 17.0 Å². The molecule has 5 aromatic rings. The van der Waals surface area contributed by atoms with E-state index in [-0.39, 0.29) is 5.91 Å². The summed E-state index contributed by atoms with van der Waals surface area (Å²) in [6.45, 7) is 3.56. The van der Waals surface area contributed by atoms with Crippen molar-refractivity contribution in [3.05, 3.63) is 60.5 Å². The second kappa shape index (κ2) is 13.3. The summed E-state index contributed by atoms with van der Waals surface area (Å²) in [6.07, 6.45) is 3.61. The number of aromatic amines is 1. The van der Waals surface area contributed by atoms with Gasteiger partial charge in [0.1, 0.15) is 17.6 Å². The number of nitrogens with one attached hydrogen (secondary N) is 4. The Bertz CT molecular complexity index is 1850. The van der Waals surface area contributed by atoms with Crippen LogP contribution in [-0.2, 0) is 9.59 Å². The Hall–Kier alpha value is -4.75. The zero-order chi connectivity index (χ0) is 31.4. The topological polar surface area (TPSA) is 145 Å². The van der Waals surface area contributed by atoms with E-state index < -0.39 is 12.0 Å². The molecule has 44 heavy (non-hydrogen) atoms. The summed E-state index contributed by atoms with van der Waals surface area (Å²) in [5.41, 5.74) is 4.79. The van der Waals surface area contributed by atoms with Gasteiger partial charge in [0.05, 0.1) is 45.6 Å². The van der Waals surface area contributed by atoms with Crippen LogP contribution in [0.15, 0.2) is 60.5 Å². The number of thioether (sulfide) groups is 1. The number of aliphatic carboxylic acids is 1. The monoisotopic (exact) mass is 631 g/mol. The second-order valence-electron chi connectivity index (χ2n) is 10.1. The first kappa shape index (κ1) is 30.7. The van der Waals surface area contributed by atoms with Crippen LogP contribution in [0.1, 0.15) is 6.42 Å². The molecule has 13 heteroatoms. The first-order valence-electron chi connectivity index (χ1n) is 13.7. The van der Waals surface area contributed by atoms with Crippen LogP contribution < -0.4 is 25.6 Å². The van der Waals surface area contributed by atoms with E-state index >= 15 is 0 Å². The Morgan fingerprint density at radius 2 is 2.00 bits per heavy atom. The number of thiophene rings is 1. The molecule has 0 bridgehead atoms. The van der Waals surface area contributed by atoms with Crippen molar-refractivity contribution >= 4 is 84.9 Å². The Balaban J connectivity index is 1.65. The van der Waals surface area contributed by atoms with Crippen molar-refractivity contribution in [3.63, 3.8) is 0 Å². The third kappa shape index (κ3) is 6.29. The Morgan fingerprint density at radius 3 is 2.70 bits per heavy atom. The molecule has 0 saturated heterocycles. The van der Waals surface area contributed by atoms with Gasteiger partial charge in [-0.2, -0.15) is 11.8 Å². The Labute approximate surface area is 262 Å². The maximum absolute atomic E-state index is 12.2. The van der Waals surface area contributed by atoms with Gasteiger partial charge in [0.2, 0.25) is 11.9 Å². The van der Waals surface area contributed by atoms with Gasteiger partial charge in [-0.05, 0) is 48.1 Å². The van der Waals surface area contributed by atoms with Crippen molar-refractivity contribution in [1.82, 2.24) is 15.0 Å². The molecule has 1 amide bonds. The first-order valence-corrected chi connectivity index (χ1v) is 16.0. The molecular formula is C31H33N7O4S2. The van der Waals surface area contributed by atoms with Crippen molar-refractivity contribution in [1.29, 1.82) is 0 Å². The number of hydrogen-bond acceptors (Lipinski definition) is 10. The number of benzene rings is 2. The SMILES string of the molecule is C=CC(=O)Nc1cc(Nc2nc(-c3c(N[C@@H](CCSC)C(=O)O)[nH]c4ccccc34)c3sccc3n2)c(OC)cc1N(C)C. The van der Waals surface area contributed by atoms with Gasteiger partial charge in [-0.3, -0.25) is 4.79 Å². The van der Waals surface area contributed by atoms with E-state index in [4.69, 9.17) is 14.7 Å². The summed E-state index contributed by atoms with van der Waals surface area (Å²) in [6, 6.07) is 12.5. The molecule has 2 aromatic carbocycles. The molecule has 0 fully saturated rings. The van der Waals surface area contributed by atoms with Gasteiger partial charge in [-0.25, -0.2) is 14.8 Å². The third-order valence-corrected chi connectivity index (χ3v) is 8.52. The predicted molar refractivity (Wildman–Crippen MR) is 182 cm³/mol. The van der Waals surface area contributed by atoms with Gasteiger partial charge in [0, 0.05) is 31.1 Å². The van der Waals surface area contributed by atoms with Crippen LogP contribution in [0.25, 0.3) is 32.4 Å². The van der Waals surface area contributed by atoms with Gasteiger partial charge in [0.15, 0.2) is 0 Å². The molecular weight excluding hydrogens is 599 g/mol. The fourth-order valence-corrected chi connectivity index (χ4v) is 6.16. The van der Waals surface area contributed by atoms with Gasteiger partial charge in [-0.1, -0.05) is 24.8 Å². The Morgan fingerprint density at radius 1 is 1.20 bits per heavy atom. The maximum Gasteiger partial charge on any atom is 0.326 e. The molecule has 0 unspecified atom stereocenters. The van der Waals surface area contributed by atoms with Crippen LogP contribution in [0.2, 0.25) is 0 Å². The number of carbonyl (C=O) groups is 2. The highest BCUT2D eigenvalue weighted by Crippen LogP contribution is 2.42. The highest BCUT2D eigenvalue weighted by molar-refractivity contribution is 7.98. The van der Waals surface area contributed by atoms with Crippen LogP contribution >= 0.6 is 23.1 Å². The zero-order valence-electron chi connectivity index (χ0n) is 24.7. The number of fused-ring (bicyclic) bond motifs is 2. The van der Waals surface area contributed by atoms with Crippen LogP contribution in [0.4, 0.5) is 28.8 Å². The quantitative estimate of drug-likeness (QED) is 0.0926. The minimum atomic E-state index is -0.928. The van der Waals surface area contributed by atoms with Gasteiger partial charge < -0.3 is 35.7 Å². The van der Waals surface area contributed by atoms with Crippen molar-refractivity contribution in [2.24, 2.45) is 0 Å². The van der Waals surface area contributed by atoms with Gasteiger partial charge in [0.25, 0.3) is 0 Å². The summed E-state index contributed by atoms with van der Waals surface area (Å²) >= 11 is 3.11. The zero-order valence-corrected chi connectivity index (χ0v) is 26.4. The number of rotatable bonds is 13. The van der Waals surface area contributed by atoms with E-state index in [0.717, 1.165) is 32.4 Å². The van der Waals surface area contributed by atoms with E-state index in [1.807, 2.05) is 67.0 Å². The number of carboxylic acid groups (broad SMARTS) is 1. The van der Waals surface area contributed by atoms with Crippen LogP contribution in [0.3, 0.4) is 0 Å². The molecule has 228 valence electrons. The van der Waals surface area contributed by atoms with E-state index in [0.29, 0.717) is 46.8 Å². The average molecular weight is 632 g/mol. The normalized spacial score (nSPS) is 11.7. The van der Waals surface area contributed by atoms with E-state index in [1.165, 1.54) is 17.4 Å². The standard InChI is InChI=1S/C31H33N7O4S2/c1-6-25(39)32-21-15-22(24(42-4)16-23(21)38(2)3)36-31-35-19-12-14-44-28(19)27(37-31)26-17-9-7-8-10-18(17)33-29(26)34-20(30(40)41)11-13-43-5/h6-10,12,14-16,20,33-34H,1,11,13H2,2-5H3,(H,32,39)(H,40,41)(H,35,36,37)/t20-/m0/s1. The molecule has 3 heterocycles. The fourth-order valence-electron chi connectivity index (χ4n) is 4.86. The lowest BCUT2D eigenvalue weighted by Crippen LogP contribution is -2.30. The van der Waals surface area contributed by atoms with Crippen molar-refractivity contribution in [2.75, 3.05) is 54.1 Å². The minimum Gasteiger partial charge on any atom is -0.494 e. The lowest BCUT2D eigenvalue weighted by molar-refractivity contribution is -0.138. The summed E-state index contributed by atoms with van der Waals surface area (Å²) in [5.74, 6) is 0.813. The number of carboxylic acids is 1. The average Bonchev–Trinajstić information content (AvgIpc) is 3.63. The maximum atomic E-state index is 12.2. The first-order chi connectivity index (χ1) is 21.2. The lowest BCUT2D eigenvalue weighted by atomic mass is 10.1. The molecule has 3 aromatic heterocycles. The van der Waals surface area contributed by atoms with Gasteiger partial charge >= 0.3 is 5.97 Å². The molecule has 0 radical (unpaired) electrons. The van der Waals surface area contributed by atoms with Crippen LogP contribution in [-0.4, -0.2) is 71.2 Å². The van der Waals surface area contributed by atoms with E-state index in [2.05, 4.69) is 27.5 Å². The summed E-state index contributed by atoms with van der Waals surface area (Å²) in [5, 5.41) is 22.2. The number of H-pyrrole nitrogens is 1. The molecule has 1 atom stereocenters. The number of ether oxygens (including phenoxy) is 1. The lowest BCUT2D eigenvalue weighted by Gasteiger charge is -2.21. The predicted octanol–water partition coefficient (Wildman–Crippen LogP) is 6.40. The molecule has 0 spiro atoms. The number of anilines is 5. The van der Waals surface area contributed by atoms with Crippen molar-refractivity contribution < 1.29 is 19.4 Å². The minimum absolute atomic E-state index is 0.302. The molecule has 0 aliphatic rings. The number of aromatic nitrogens is 3. The number of amides is 1. The summed E-state index contributed by atoms with van der Waals surface area (Å²) in [7, 11) is 5.30. The van der Waals surface area contributed by atoms with Crippen LogP contribution in [0, 0.1) is 0 Å². The number of carbonyl (C=O) groups excluding carboxylic acids is 1. The van der Waals surface area contributed by atoms with Crippen molar-refractivity contribution in [2.45, 2.75) is 12.5 Å². The highest BCUT2D eigenvalue weighted by atomic mass is 32.2. The third-order valence-electron chi connectivity index (χ3n) is 6.96. The van der Waals surface area contributed by atoms with Gasteiger partial charge in [-0.15, -0.1) is 11.3 Å². The summed E-state index contributed by atoms with van der Waals surface area (Å²) < 4.78 is 6.55. The molecule has 0 aliphatic carbocycles. The molecule has 11 nitrogen and oxygen atoms in total. The van der Waals surface area contributed by atoms with Crippen LogP contribution in [0.5, 0.6) is 5.75 Å². The number of hydrogen-bond donors (Lipinski definition) is 5. The number of para-hydroxylation sites is 1. The summed E-state index contributed by atoms with van der Waals surface area (Å²) in [4.78, 5) is 39.4. The Kier molecular flexibility index (Phi) is 9.26. The van der Waals surface area contributed by atoms with E-state index in [1.54, 1.807) is 24.9 Å². The molecule has 0 aliphatic heterocycles. The largest absolute Gasteiger partial charge is 0.494 e. The molecule has 0 saturated carbocycles. The highest BCUT2D eigenvalue weighted by Gasteiger charge is 2.24. The number of nitrogens with zero attached hydrogens (tertiary/aromatic N) is 3. The molecule has 5 rings (SSSR count). The fraction of sp³-hybridized carbons (Fsp3) is 0.226. The second-order valence-corrected chi connectivity index (χ2v) is 12.0. The smallest absolute Gasteiger partial charge is 0.326 e. The molecule has 5 N–H and O–H groups in total. The van der Waals surface area contributed by atoms with E-state index in [9.17, 15) is 14.7 Å². The number of methoxy groups -OCH3 is 1.